The number of ether oxygens (including phenoxy) is 1. The van der Waals surface area contributed by atoms with E-state index < -0.39 is 6.04 Å². The van der Waals surface area contributed by atoms with Crippen molar-refractivity contribution >= 4 is 16.6 Å². The van der Waals surface area contributed by atoms with Gasteiger partial charge in [0.1, 0.15) is 11.9 Å². The van der Waals surface area contributed by atoms with Crippen LogP contribution in [0.15, 0.2) is 53.3 Å². The molecule has 4 aromatic rings. The number of rotatable bonds is 7. The Balaban J connectivity index is 1.36. The first-order valence-electron chi connectivity index (χ1n) is 13.4. The summed E-state index contributed by atoms with van der Waals surface area (Å²) in [5.41, 5.74) is 3.50. The molecule has 198 valence electrons. The molecule has 2 aliphatic rings. The number of piperazine rings is 1. The molecule has 0 bridgehead atoms. The van der Waals surface area contributed by atoms with Gasteiger partial charge in [0.2, 0.25) is 0 Å². The minimum Gasteiger partial charge on any atom is -0.376 e. The molecule has 0 amide bonds. The molecular formula is C28H32FN7O2. The second-order valence-corrected chi connectivity index (χ2v) is 10.1. The van der Waals surface area contributed by atoms with E-state index in [1.165, 1.54) is 17.7 Å². The van der Waals surface area contributed by atoms with Crippen LogP contribution in [0.25, 0.3) is 10.9 Å². The molecule has 0 aliphatic carbocycles. The maximum atomic E-state index is 13.5. The topological polar surface area (TPSA) is 92.2 Å². The van der Waals surface area contributed by atoms with Crippen LogP contribution in [-0.2, 0) is 17.7 Å². The Morgan fingerprint density at radius 1 is 1.11 bits per heavy atom. The number of hydrogen-bond donors (Lipinski definition) is 1. The lowest BCUT2D eigenvalue weighted by atomic mass is 10.0. The normalized spacial score (nSPS) is 19.3. The fraction of sp³-hybridized carbons (Fsp3) is 0.429. The fourth-order valence-electron chi connectivity index (χ4n) is 5.60. The first kappa shape index (κ1) is 24.7. The maximum Gasteiger partial charge on any atom is 0.253 e. The van der Waals surface area contributed by atoms with E-state index in [0.717, 1.165) is 55.5 Å². The Labute approximate surface area is 220 Å². The molecule has 10 heteroatoms. The summed E-state index contributed by atoms with van der Waals surface area (Å²) >= 11 is 0. The van der Waals surface area contributed by atoms with E-state index in [1.807, 2.05) is 30.3 Å². The Kier molecular flexibility index (Phi) is 6.90. The summed E-state index contributed by atoms with van der Waals surface area (Å²) in [5, 5.41) is 13.8. The van der Waals surface area contributed by atoms with Gasteiger partial charge >= 0.3 is 0 Å². The van der Waals surface area contributed by atoms with Gasteiger partial charge in [0, 0.05) is 49.6 Å². The summed E-state index contributed by atoms with van der Waals surface area (Å²) in [5.74, 6) is 0.402. The van der Waals surface area contributed by atoms with E-state index in [9.17, 15) is 9.18 Å². The predicted octanol–water partition coefficient (Wildman–Crippen LogP) is 3.31. The van der Waals surface area contributed by atoms with Gasteiger partial charge in [-0.3, -0.25) is 9.69 Å². The number of pyridine rings is 1. The molecule has 1 N–H and O–H groups in total. The average molecular weight is 518 g/mol. The Bertz CT molecular complexity index is 1450. The van der Waals surface area contributed by atoms with Crippen molar-refractivity contribution in [2.45, 2.75) is 44.9 Å². The van der Waals surface area contributed by atoms with Crippen LogP contribution in [0.4, 0.5) is 10.1 Å². The monoisotopic (exact) mass is 517 g/mol. The van der Waals surface area contributed by atoms with E-state index in [1.54, 1.807) is 4.68 Å². The SMILES string of the molecule is CCc1ccc2[nH]c(=O)c([C@@H](c3nnnn3C[C@H]3CCCO3)N3CCN(c4ccc(F)cc4)CC3)cc2c1. The molecule has 2 saturated heterocycles. The van der Waals surface area contributed by atoms with E-state index in [2.05, 4.69) is 43.3 Å². The van der Waals surface area contributed by atoms with Gasteiger partial charge in [-0.05, 0) is 83.1 Å². The highest BCUT2D eigenvalue weighted by molar-refractivity contribution is 5.80. The first-order chi connectivity index (χ1) is 18.6. The van der Waals surface area contributed by atoms with Crippen molar-refractivity contribution in [1.82, 2.24) is 30.1 Å². The van der Waals surface area contributed by atoms with Gasteiger partial charge in [-0.25, -0.2) is 9.07 Å². The Hall–Kier alpha value is -3.63. The molecule has 4 heterocycles. The van der Waals surface area contributed by atoms with E-state index >= 15 is 0 Å². The second-order valence-electron chi connectivity index (χ2n) is 10.1. The van der Waals surface area contributed by atoms with E-state index in [4.69, 9.17) is 4.74 Å². The van der Waals surface area contributed by atoms with Gasteiger partial charge in [0.15, 0.2) is 5.82 Å². The zero-order valence-electron chi connectivity index (χ0n) is 21.5. The van der Waals surface area contributed by atoms with Crippen LogP contribution < -0.4 is 10.5 Å². The minimum atomic E-state index is -0.416. The third-order valence-electron chi connectivity index (χ3n) is 7.72. The van der Waals surface area contributed by atoms with Crippen molar-refractivity contribution in [2.24, 2.45) is 0 Å². The number of nitrogens with zero attached hydrogens (tertiary/aromatic N) is 6. The standard InChI is InChI=1S/C28H32FN7O2/c1-2-19-5-10-25-20(16-19)17-24(28(37)30-25)26(27-31-32-33-36(27)18-23-4-3-15-38-23)35-13-11-34(12-14-35)22-8-6-21(29)7-9-22/h5-10,16-17,23,26H,2-4,11-15,18H2,1H3,(H,30,37)/t23-,26+/m1/s1. The second kappa shape index (κ2) is 10.6. The molecule has 2 fully saturated rings. The number of aromatic nitrogens is 5. The highest BCUT2D eigenvalue weighted by Crippen LogP contribution is 2.30. The van der Waals surface area contributed by atoms with Crippen LogP contribution in [0.5, 0.6) is 0 Å². The van der Waals surface area contributed by atoms with Crippen molar-refractivity contribution in [2.75, 3.05) is 37.7 Å². The molecule has 2 aromatic carbocycles. The summed E-state index contributed by atoms with van der Waals surface area (Å²) in [4.78, 5) is 21.1. The largest absolute Gasteiger partial charge is 0.376 e. The van der Waals surface area contributed by atoms with Crippen molar-refractivity contribution in [3.05, 3.63) is 81.7 Å². The number of halogens is 1. The highest BCUT2D eigenvalue weighted by atomic mass is 19.1. The van der Waals surface area contributed by atoms with E-state index in [-0.39, 0.29) is 17.5 Å². The number of tetrazole rings is 1. The summed E-state index contributed by atoms with van der Waals surface area (Å²) in [6.45, 7) is 6.29. The third-order valence-corrected chi connectivity index (χ3v) is 7.72. The molecule has 6 rings (SSSR count). The van der Waals surface area contributed by atoms with Crippen LogP contribution in [0.2, 0.25) is 0 Å². The Morgan fingerprint density at radius 3 is 2.66 bits per heavy atom. The number of hydrogen-bond acceptors (Lipinski definition) is 7. The maximum absolute atomic E-state index is 13.5. The molecule has 0 spiro atoms. The summed E-state index contributed by atoms with van der Waals surface area (Å²) in [6.07, 6.45) is 2.98. The number of aryl methyl sites for hydroxylation is 1. The molecule has 38 heavy (non-hydrogen) atoms. The molecule has 2 aromatic heterocycles. The third kappa shape index (κ3) is 4.93. The van der Waals surface area contributed by atoms with Gasteiger partial charge in [-0.15, -0.1) is 5.10 Å². The van der Waals surface area contributed by atoms with Crippen LogP contribution in [0.3, 0.4) is 0 Å². The molecule has 0 radical (unpaired) electrons. The molecule has 2 aliphatic heterocycles. The number of benzene rings is 2. The number of aromatic amines is 1. The van der Waals surface area contributed by atoms with Crippen LogP contribution in [0, 0.1) is 5.82 Å². The summed E-state index contributed by atoms with van der Waals surface area (Å²) in [6, 6.07) is 14.3. The van der Waals surface area contributed by atoms with Crippen LogP contribution >= 0.6 is 0 Å². The van der Waals surface area contributed by atoms with Crippen molar-refractivity contribution < 1.29 is 9.13 Å². The fourth-order valence-corrected chi connectivity index (χ4v) is 5.60. The number of H-pyrrole nitrogens is 1. The number of anilines is 1. The minimum absolute atomic E-state index is 0.0650. The average Bonchev–Trinajstić information content (AvgIpc) is 3.63. The zero-order chi connectivity index (χ0) is 26.1. The number of fused-ring (bicyclic) bond motifs is 1. The Morgan fingerprint density at radius 2 is 1.92 bits per heavy atom. The lowest BCUT2D eigenvalue weighted by Gasteiger charge is -2.39. The van der Waals surface area contributed by atoms with Crippen molar-refractivity contribution in [3.63, 3.8) is 0 Å². The molecule has 0 unspecified atom stereocenters. The van der Waals surface area contributed by atoms with E-state index in [0.29, 0.717) is 31.0 Å². The molecule has 9 nitrogen and oxygen atoms in total. The van der Waals surface area contributed by atoms with Gasteiger partial charge in [0.25, 0.3) is 5.56 Å². The highest BCUT2D eigenvalue weighted by Gasteiger charge is 2.33. The summed E-state index contributed by atoms with van der Waals surface area (Å²) < 4.78 is 21.1. The molecule has 2 atom stereocenters. The first-order valence-corrected chi connectivity index (χ1v) is 13.4. The van der Waals surface area contributed by atoms with Gasteiger partial charge in [-0.2, -0.15) is 0 Å². The smallest absolute Gasteiger partial charge is 0.253 e. The predicted molar refractivity (Wildman–Crippen MR) is 143 cm³/mol. The van der Waals surface area contributed by atoms with Gasteiger partial charge < -0.3 is 14.6 Å². The van der Waals surface area contributed by atoms with Gasteiger partial charge in [-0.1, -0.05) is 13.0 Å². The molecular weight excluding hydrogens is 485 g/mol. The summed E-state index contributed by atoms with van der Waals surface area (Å²) in [7, 11) is 0. The zero-order valence-corrected chi connectivity index (χ0v) is 21.5. The number of nitrogens with one attached hydrogen (secondary N) is 1. The lowest BCUT2D eigenvalue weighted by molar-refractivity contribution is 0.0906. The van der Waals surface area contributed by atoms with Crippen LogP contribution in [0.1, 0.15) is 42.8 Å². The van der Waals surface area contributed by atoms with Gasteiger partial charge in [0.05, 0.1) is 12.6 Å². The van der Waals surface area contributed by atoms with Crippen molar-refractivity contribution in [1.29, 1.82) is 0 Å². The van der Waals surface area contributed by atoms with Crippen molar-refractivity contribution in [3.8, 4) is 0 Å². The van der Waals surface area contributed by atoms with Crippen LogP contribution in [-0.4, -0.2) is 69.0 Å². The molecule has 0 saturated carbocycles. The quantitative estimate of drug-likeness (QED) is 0.402. The lowest BCUT2D eigenvalue weighted by Crippen LogP contribution is -2.49.